The van der Waals surface area contributed by atoms with E-state index < -0.39 is 22.9 Å². The first kappa shape index (κ1) is 12.8. The molecule has 3 rings (SSSR count). The molecule has 0 aliphatic carbocycles. The monoisotopic (exact) mass is 278 g/mol. The van der Waals surface area contributed by atoms with Gasteiger partial charge in [0.2, 0.25) is 0 Å². The van der Waals surface area contributed by atoms with Crippen LogP contribution in [-0.2, 0) is 6.54 Å². The minimum absolute atomic E-state index is 0.0228. The van der Waals surface area contributed by atoms with E-state index in [1.54, 1.807) is 6.07 Å². The minimum atomic E-state index is -1.03. The lowest BCUT2D eigenvalue weighted by Crippen LogP contribution is -2.34. The van der Waals surface area contributed by atoms with Gasteiger partial charge in [0.15, 0.2) is 5.75 Å². The van der Waals surface area contributed by atoms with Crippen molar-refractivity contribution in [2.24, 2.45) is 0 Å². The molecular formula is C13H11FN2O4. The molecule has 2 aromatic carbocycles. The number of methoxy groups -OCH3 is 1. The Morgan fingerprint density at radius 3 is 2.80 bits per heavy atom. The molecule has 1 unspecified atom stereocenters. The number of rotatable bonds is 3. The van der Waals surface area contributed by atoms with E-state index in [0.717, 1.165) is 5.56 Å². The van der Waals surface area contributed by atoms with Gasteiger partial charge in [0.1, 0.15) is 17.7 Å². The predicted molar refractivity (Wildman–Crippen MR) is 69.4 cm³/mol. The molecule has 6 nitrogen and oxygen atoms in total. The van der Waals surface area contributed by atoms with E-state index in [0.29, 0.717) is 12.1 Å². The second kappa shape index (κ2) is 4.39. The highest BCUT2D eigenvalue weighted by Crippen LogP contribution is 2.35. The fourth-order valence-electron chi connectivity index (χ4n) is 2.34. The van der Waals surface area contributed by atoms with Gasteiger partial charge >= 0.3 is 0 Å². The molecule has 1 aliphatic heterocycles. The Balaban J connectivity index is 2.08. The molecule has 3 N–H and O–H groups in total. The lowest BCUT2D eigenvalue weighted by molar-refractivity contribution is 0.152. The molecule has 0 amide bonds. The van der Waals surface area contributed by atoms with Crippen molar-refractivity contribution in [2.45, 2.75) is 12.8 Å². The summed E-state index contributed by atoms with van der Waals surface area (Å²) < 4.78 is 18.7. The lowest BCUT2D eigenvalue weighted by Gasteiger charge is -2.16. The summed E-state index contributed by atoms with van der Waals surface area (Å²) in [6.07, 6.45) is -1.03. The molecule has 0 spiro atoms. The molecule has 1 atom stereocenters. The molecular weight excluding hydrogens is 267 g/mol. The van der Waals surface area contributed by atoms with Gasteiger partial charge in [-0.2, -0.15) is 0 Å². The molecule has 7 heteroatoms. The normalized spacial score (nSPS) is 17.2. The molecule has 1 heterocycles. The minimum Gasteiger partial charge on any atom is -0.491 e. The van der Waals surface area contributed by atoms with E-state index in [4.69, 9.17) is 4.74 Å². The second-order valence-electron chi connectivity index (χ2n) is 4.47. The number of ether oxygens (including phenoxy) is 1. The van der Waals surface area contributed by atoms with Crippen LogP contribution in [0.15, 0.2) is 21.7 Å². The number of anilines is 2. The molecule has 0 radical (unpaired) electrons. The zero-order valence-corrected chi connectivity index (χ0v) is 10.5. The van der Waals surface area contributed by atoms with Crippen molar-refractivity contribution in [3.8, 4) is 5.75 Å². The van der Waals surface area contributed by atoms with Crippen molar-refractivity contribution in [1.29, 1.82) is 0 Å². The Kier molecular flexibility index (Phi) is 2.81. The van der Waals surface area contributed by atoms with Crippen LogP contribution in [-0.4, -0.2) is 12.2 Å². The standard InChI is InChI=1S/C13H11FN2O4/c1-20-12-9(10(17)11(12)18)16-8-6(14)3-2-5-4-15-13(19)7(5)8/h2-3,13,15-16,19H,4H2,1H3. The number of fused-ring (bicyclic) bond motifs is 1. The average molecular weight is 278 g/mol. The van der Waals surface area contributed by atoms with Gasteiger partial charge in [-0.25, -0.2) is 4.39 Å². The molecule has 0 saturated carbocycles. The second-order valence-corrected chi connectivity index (χ2v) is 4.47. The Bertz CT molecular complexity index is 764. The third kappa shape index (κ3) is 1.64. The molecule has 0 bridgehead atoms. The fourth-order valence-corrected chi connectivity index (χ4v) is 2.34. The SMILES string of the molecule is COc1c(Nc2c(F)ccc3c2C(O)NC3)c(=O)c1=O. The number of halogens is 1. The Hall–Kier alpha value is -2.25. The van der Waals surface area contributed by atoms with Gasteiger partial charge in [-0.05, 0) is 11.6 Å². The quantitative estimate of drug-likeness (QED) is 0.698. The van der Waals surface area contributed by atoms with Crippen molar-refractivity contribution in [3.05, 3.63) is 49.5 Å². The number of hydrogen-bond acceptors (Lipinski definition) is 6. The van der Waals surface area contributed by atoms with Crippen LogP contribution < -0.4 is 26.2 Å². The highest BCUT2D eigenvalue weighted by Gasteiger charge is 2.29. The molecule has 0 saturated heterocycles. The van der Waals surface area contributed by atoms with Crippen LogP contribution in [0.1, 0.15) is 17.4 Å². The van der Waals surface area contributed by atoms with Crippen LogP contribution in [0.25, 0.3) is 0 Å². The van der Waals surface area contributed by atoms with Crippen LogP contribution in [0.2, 0.25) is 0 Å². The number of aliphatic hydroxyl groups is 1. The largest absolute Gasteiger partial charge is 0.491 e. The fraction of sp³-hybridized carbons (Fsp3) is 0.231. The first-order chi connectivity index (χ1) is 9.54. The van der Waals surface area contributed by atoms with Gasteiger partial charge in [0, 0.05) is 12.1 Å². The Morgan fingerprint density at radius 1 is 1.35 bits per heavy atom. The van der Waals surface area contributed by atoms with Crippen LogP contribution in [0.4, 0.5) is 15.8 Å². The maximum Gasteiger partial charge on any atom is 0.272 e. The summed E-state index contributed by atoms with van der Waals surface area (Å²) >= 11 is 0. The van der Waals surface area contributed by atoms with Gasteiger partial charge in [-0.15, -0.1) is 0 Å². The molecule has 0 fully saturated rings. The van der Waals surface area contributed by atoms with Crippen molar-refractivity contribution in [1.82, 2.24) is 5.32 Å². The highest BCUT2D eigenvalue weighted by molar-refractivity contribution is 5.73. The van der Waals surface area contributed by atoms with E-state index >= 15 is 0 Å². The summed E-state index contributed by atoms with van der Waals surface area (Å²) in [6, 6.07) is 2.79. The third-order valence-electron chi connectivity index (χ3n) is 3.36. The van der Waals surface area contributed by atoms with Crippen molar-refractivity contribution in [2.75, 3.05) is 12.4 Å². The van der Waals surface area contributed by atoms with E-state index in [2.05, 4.69) is 10.6 Å². The molecule has 20 heavy (non-hydrogen) atoms. The first-order valence-electron chi connectivity index (χ1n) is 5.91. The van der Waals surface area contributed by atoms with E-state index in [9.17, 15) is 19.1 Å². The summed E-state index contributed by atoms with van der Waals surface area (Å²) in [7, 11) is 1.25. The number of benzene rings is 1. The summed E-state index contributed by atoms with van der Waals surface area (Å²) in [5, 5.41) is 15.1. The van der Waals surface area contributed by atoms with Gasteiger partial charge < -0.3 is 15.2 Å². The van der Waals surface area contributed by atoms with Gasteiger partial charge in [0.25, 0.3) is 10.9 Å². The van der Waals surface area contributed by atoms with E-state index in [1.807, 2.05) is 0 Å². The van der Waals surface area contributed by atoms with Gasteiger partial charge in [-0.1, -0.05) is 6.07 Å². The molecule has 104 valence electrons. The molecule has 0 aromatic heterocycles. The summed E-state index contributed by atoms with van der Waals surface area (Å²) in [5.74, 6) is -0.756. The van der Waals surface area contributed by atoms with Crippen molar-refractivity contribution in [3.63, 3.8) is 0 Å². The Morgan fingerprint density at radius 2 is 2.10 bits per heavy atom. The topological polar surface area (TPSA) is 87.7 Å². The van der Waals surface area contributed by atoms with Crippen LogP contribution >= 0.6 is 0 Å². The van der Waals surface area contributed by atoms with Crippen molar-refractivity contribution >= 4 is 11.4 Å². The molecule has 2 aromatic rings. The number of nitrogens with one attached hydrogen (secondary N) is 2. The zero-order valence-electron chi connectivity index (χ0n) is 10.5. The van der Waals surface area contributed by atoms with Gasteiger partial charge in [0.05, 0.1) is 12.8 Å². The van der Waals surface area contributed by atoms with Crippen LogP contribution in [0.3, 0.4) is 0 Å². The van der Waals surface area contributed by atoms with Crippen LogP contribution in [0.5, 0.6) is 5.75 Å². The third-order valence-corrected chi connectivity index (χ3v) is 3.36. The summed E-state index contributed by atoms with van der Waals surface area (Å²) in [5.41, 5.74) is -0.575. The molecule has 1 aliphatic rings. The number of hydrogen-bond donors (Lipinski definition) is 3. The van der Waals surface area contributed by atoms with Gasteiger partial charge in [-0.3, -0.25) is 14.9 Å². The maximum absolute atomic E-state index is 13.9. The average Bonchev–Trinajstić information content (AvgIpc) is 2.82. The Labute approximate surface area is 112 Å². The number of aliphatic hydroxyl groups excluding tert-OH is 1. The van der Waals surface area contributed by atoms with Crippen molar-refractivity contribution < 1.29 is 14.2 Å². The van der Waals surface area contributed by atoms with Crippen LogP contribution in [0, 0.1) is 5.82 Å². The van der Waals surface area contributed by atoms with E-state index in [1.165, 1.54) is 13.2 Å². The first-order valence-corrected chi connectivity index (χ1v) is 5.91. The lowest BCUT2D eigenvalue weighted by atomic mass is 10.1. The smallest absolute Gasteiger partial charge is 0.272 e. The summed E-state index contributed by atoms with van der Waals surface area (Å²) in [4.78, 5) is 22.7. The predicted octanol–water partition coefficient (Wildman–Crippen LogP) is 0.268. The summed E-state index contributed by atoms with van der Waals surface area (Å²) in [6.45, 7) is 0.397. The highest BCUT2D eigenvalue weighted by atomic mass is 19.1. The zero-order chi connectivity index (χ0) is 14.4. The van der Waals surface area contributed by atoms with E-state index in [-0.39, 0.29) is 17.1 Å². The maximum atomic E-state index is 13.9.